The fraction of sp³-hybridized carbons (Fsp3) is 0.320. The summed E-state index contributed by atoms with van der Waals surface area (Å²) in [6.07, 6.45) is 4.59. The van der Waals surface area contributed by atoms with Crippen molar-refractivity contribution in [3.05, 3.63) is 80.7 Å². The molecule has 0 aliphatic heterocycles. The van der Waals surface area contributed by atoms with Gasteiger partial charge in [0.05, 0.1) is 11.4 Å². The zero-order valence-corrected chi connectivity index (χ0v) is 17.7. The van der Waals surface area contributed by atoms with Gasteiger partial charge in [-0.2, -0.15) is 0 Å². The molecule has 0 spiro atoms. The molecule has 1 aromatic heterocycles. The Bertz CT molecular complexity index is 1210. The number of ether oxygens (including phenoxy) is 1. The van der Waals surface area contributed by atoms with Crippen LogP contribution in [0.2, 0.25) is 0 Å². The van der Waals surface area contributed by atoms with Gasteiger partial charge in [-0.1, -0.05) is 29.8 Å². The number of esters is 1. The number of nitrogens with one attached hydrogen (secondary N) is 1. The predicted molar refractivity (Wildman–Crippen MR) is 117 cm³/mol. The van der Waals surface area contributed by atoms with Crippen LogP contribution in [0.5, 0.6) is 0 Å². The third kappa shape index (κ3) is 4.68. The molecule has 0 radical (unpaired) electrons. The van der Waals surface area contributed by atoms with E-state index in [2.05, 4.69) is 17.4 Å². The van der Waals surface area contributed by atoms with Crippen LogP contribution in [0.15, 0.2) is 51.7 Å². The van der Waals surface area contributed by atoms with Crippen LogP contribution >= 0.6 is 0 Å². The number of carbonyl (C=O) groups excluding carboxylic acids is 2. The normalized spacial score (nSPS) is 14.0. The van der Waals surface area contributed by atoms with Crippen LogP contribution in [-0.4, -0.2) is 18.5 Å². The third-order valence-corrected chi connectivity index (χ3v) is 5.67. The summed E-state index contributed by atoms with van der Waals surface area (Å²) in [5, 5.41) is 3.24. The lowest BCUT2D eigenvalue weighted by Crippen LogP contribution is -2.31. The Hall–Kier alpha value is -3.41. The van der Waals surface area contributed by atoms with E-state index in [-0.39, 0.29) is 17.2 Å². The average molecular weight is 419 g/mol. The van der Waals surface area contributed by atoms with Gasteiger partial charge in [-0.15, -0.1) is 0 Å². The molecule has 0 fully saturated rings. The van der Waals surface area contributed by atoms with E-state index in [9.17, 15) is 14.4 Å². The molecule has 0 saturated carbocycles. The molecule has 0 saturated heterocycles. The second-order valence-electron chi connectivity index (χ2n) is 8.08. The molecule has 31 heavy (non-hydrogen) atoms. The molecule has 0 unspecified atom stereocenters. The largest absolute Gasteiger partial charge is 0.450 e. The Balaban J connectivity index is 1.37. The maximum atomic E-state index is 12.3. The molecule has 1 N–H and O–H groups in total. The van der Waals surface area contributed by atoms with Gasteiger partial charge >= 0.3 is 5.97 Å². The van der Waals surface area contributed by atoms with Gasteiger partial charge in [-0.3, -0.25) is 9.59 Å². The van der Waals surface area contributed by atoms with Gasteiger partial charge in [0, 0.05) is 6.07 Å². The molecule has 2 aromatic carbocycles. The highest BCUT2D eigenvalue weighted by atomic mass is 16.5. The molecular formula is C25H25NO5. The number of hydrogen-bond acceptors (Lipinski definition) is 5. The van der Waals surface area contributed by atoms with Crippen LogP contribution in [0.4, 0.5) is 0 Å². The monoisotopic (exact) mass is 419 g/mol. The molecule has 1 aliphatic carbocycles. The molecule has 160 valence electrons. The summed E-state index contributed by atoms with van der Waals surface area (Å²) < 4.78 is 10.5. The van der Waals surface area contributed by atoms with Crippen LogP contribution in [0.25, 0.3) is 11.0 Å². The number of rotatable bonds is 5. The molecule has 0 bridgehead atoms. The summed E-state index contributed by atoms with van der Waals surface area (Å²) >= 11 is 0. The Morgan fingerprint density at radius 2 is 1.84 bits per heavy atom. The molecule has 6 heteroatoms. The highest BCUT2D eigenvalue weighted by molar-refractivity contribution is 5.90. The highest BCUT2D eigenvalue weighted by Crippen LogP contribution is 2.24. The van der Waals surface area contributed by atoms with Gasteiger partial charge in [-0.05, 0) is 68.4 Å². The van der Waals surface area contributed by atoms with Crippen LogP contribution in [0.1, 0.15) is 58.6 Å². The van der Waals surface area contributed by atoms with Crippen LogP contribution < -0.4 is 10.7 Å². The number of benzene rings is 2. The number of carbonyl (C=O) groups is 2. The zero-order chi connectivity index (χ0) is 22.0. The molecule has 3 aromatic rings. The molecule has 1 amide bonds. The summed E-state index contributed by atoms with van der Waals surface area (Å²) in [6, 6.07) is 12.3. The molecule has 1 aliphatic rings. The Labute approximate surface area is 180 Å². The van der Waals surface area contributed by atoms with E-state index in [1.54, 1.807) is 18.2 Å². The van der Waals surface area contributed by atoms with Crippen LogP contribution in [0, 0.1) is 6.92 Å². The van der Waals surface area contributed by atoms with Crippen molar-refractivity contribution < 1.29 is 18.7 Å². The van der Waals surface area contributed by atoms with Crippen molar-refractivity contribution >= 4 is 22.8 Å². The van der Waals surface area contributed by atoms with E-state index in [0.717, 1.165) is 30.0 Å². The maximum absolute atomic E-state index is 12.3. The van der Waals surface area contributed by atoms with Crippen molar-refractivity contribution in [2.75, 3.05) is 6.61 Å². The molecular weight excluding hydrogens is 394 g/mol. The van der Waals surface area contributed by atoms with E-state index in [0.29, 0.717) is 11.0 Å². The second kappa shape index (κ2) is 8.76. The first-order valence-corrected chi connectivity index (χ1v) is 10.5. The fourth-order valence-corrected chi connectivity index (χ4v) is 3.96. The molecule has 6 nitrogen and oxygen atoms in total. The SMILES string of the molecule is Cc1ccc2oc(C(=O)OCC(=O)N[C@@H](C)c3ccc4c(c3)CCCC4)cc(=O)c2c1. The van der Waals surface area contributed by atoms with E-state index < -0.39 is 18.5 Å². The minimum absolute atomic E-state index is 0.208. The van der Waals surface area contributed by atoms with E-state index in [1.165, 1.54) is 24.0 Å². The summed E-state index contributed by atoms with van der Waals surface area (Å²) in [7, 11) is 0. The number of fused-ring (bicyclic) bond motifs is 2. The molecule has 1 atom stereocenters. The van der Waals surface area contributed by atoms with Gasteiger partial charge in [0.15, 0.2) is 12.0 Å². The Morgan fingerprint density at radius 3 is 2.65 bits per heavy atom. The summed E-state index contributed by atoms with van der Waals surface area (Å²) in [5.74, 6) is -1.50. The maximum Gasteiger partial charge on any atom is 0.374 e. The number of amides is 1. The fourth-order valence-electron chi connectivity index (χ4n) is 3.96. The van der Waals surface area contributed by atoms with E-state index in [4.69, 9.17) is 9.15 Å². The van der Waals surface area contributed by atoms with Gasteiger partial charge in [-0.25, -0.2) is 4.79 Å². The first kappa shape index (κ1) is 20.8. The van der Waals surface area contributed by atoms with Gasteiger partial charge in [0.2, 0.25) is 5.76 Å². The minimum Gasteiger partial charge on any atom is -0.450 e. The average Bonchev–Trinajstić information content (AvgIpc) is 2.77. The highest BCUT2D eigenvalue weighted by Gasteiger charge is 2.18. The molecule has 1 heterocycles. The standard InChI is InChI=1S/C25H25NO5/c1-15-7-10-22-20(11-15)21(27)13-23(31-22)25(29)30-14-24(28)26-16(2)18-9-8-17-5-3-4-6-19(17)12-18/h7-13,16H,3-6,14H2,1-2H3,(H,26,28)/t16-/m0/s1. The van der Waals surface area contributed by atoms with Crippen molar-refractivity contribution in [2.45, 2.75) is 45.6 Å². The first-order valence-electron chi connectivity index (χ1n) is 10.5. The van der Waals surface area contributed by atoms with Crippen LogP contribution in [-0.2, 0) is 22.4 Å². The Kier molecular flexibility index (Phi) is 5.89. The summed E-state index contributed by atoms with van der Waals surface area (Å²) in [5.41, 5.74) is 4.64. The number of hydrogen-bond donors (Lipinski definition) is 1. The lowest BCUT2D eigenvalue weighted by atomic mass is 9.89. The van der Waals surface area contributed by atoms with E-state index >= 15 is 0 Å². The Morgan fingerprint density at radius 1 is 1.06 bits per heavy atom. The summed E-state index contributed by atoms with van der Waals surface area (Å²) in [4.78, 5) is 36.8. The van der Waals surface area contributed by atoms with Gasteiger partial charge in [0.1, 0.15) is 5.58 Å². The third-order valence-electron chi connectivity index (χ3n) is 5.67. The molecule has 4 rings (SSSR count). The smallest absolute Gasteiger partial charge is 0.374 e. The lowest BCUT2D eigenvalue weighted by molar-refractivity contribution is -0.124. The van der Waals surface area contributed by atoms with Crippen molar-refractivity contribution in [1.82, 2.24) is 5.32 Å². The van der Waals surface area contributed by atoms with E-state index in [1.807, 2.05) is 19.9 Å². The predicted octanol–water partition coefficient (Wildman–Crippen LogP) is 4.01. The van der Waals surface area contributed by atoms with Crippen molar-refractivity contribution in [3.8, 4) is 0 Å². The van der Waals surface area contributed by atoms with Gasteiger partial charge < -0.3 is 14.5 Å². The van der Waals surface area contributed by atoms with Crippen LogP contribution in [0.3, 0.4) is 0 Å². The van der Waals surface area contributed by atoms with Crippen molar-refractivity contribution in [1.29, 1.82) is 0 Å². The minimum atomic E-state index is -0.851. The second-order valence-corrected chi connectivity index (χ2v) is 8.08. The van der Waals surface area contributed by atoms with Crippen molar-refractivity contribution in [2.24, 2.45) is 0 Å². The lowest BCUT2D eigenvalue weighted by Gasteiger charge is -2.20. The van der Waals surface area contributed by atoms with Crippen molar-refractivity contribution in [3.63, 3.8) is 0 Å². The quantitative estimate of drug-likeness (QED) is 0.632. The first-order chi connectivity index (χ1) is 14.9. The topological polar surface area (TPSA) is 85.6 Å². The van der Waals surface area contributed by atoms with Gasteiger partial charge in [0.25, 0.3) is 5.91 Å². The summed E-state index contributed by atoms with van der Waals surface area (Å²) in [6.45, 7) is 3.31. The zero-order valence-electron chi connectivity index (χ0n) is 17.7. The number of aryl methyl sites for hydroxylation is 3.